The molecular weight excluding hydrogens is 368 g/mol. The first-order chi connectivity index (χ1) is 14.2. The van der Waals surface area contributed by atoms with E-state index in [1.54, 1.807) is 6.07 Å². The van der Waals surface area contributed by atoms with Crippen molar-refractivity contribution >= 4 is 28.5 Å². The fourth-order valence-electron chi connectivity index (χ4n) is 4.58. The number of hydrogen-bond donors (Lipinski definition) is 3. The molecule has 1 saturated heterocycles. The summed E-state index contributed by atoms with van der Waals surface area (Å²) in [5.74, 6) is 0.182. The highest BCUT2D eigenvalue weighted by Gasteiger charge is 2.40. The summed E-state index contributed by atoms with van der Waals surface area (Å²) in [6, 6.07) is 15.1. The zero-order valence-electron chi connectivity index (χ0n) is 15.9. The molecule has 7 heteroatoms. The summed E-state index contributed by atoms with van der Waals surface area (Å²) in [7, 11) is 0. The van der Waals surface area contributed by atoms with Gasteiger partial charge in [0.2, 0.25) is 5.91 Å². The van der Waals surface area contributed by atoms with Crippen molar-refractivity contribution in [3.8, 4) is 0 Å². The summed E-state index contributed by atoms with van der Waals surface area (Å²) < 4.78 is 5.21. The average Bonchev–Trinajstić information content (AvgIpc) is 3.19. The Morgan fingerprint density at radius 2 is 1.86 bits per heavy atom. The molecule has 2 aliphatic rings. The van der Waals surface area contributed by atoms with E-state index in [1.807, 2.05) is 42.5 Å². The van der Waals surface area contributed by atoms with Crippen molar-refractivity contribution in [2.24, 2.45) is 11.8 Å². The number of anilines is 1. The van der Waals surface area contributed by atoms with E-state index in [4.69, 9.17) is 4.52 Å². The van der Waals surface area contributed by atoms with Crippen LogP contribution >= 0.6 is 0 Å². The number of carbonyl (C=O) groups is 2. The molecule has 3 unspecified atom stereocenters. The van der Waals surface area contributed by atoms with Gasteiger partial charge in [0, 0.05) is 11.6 Å². The Labute approximate surface area is 167 Å². The molecule has 5 rings (SSSR count). The molecule has 3 atom stereocenters. The van der Waals surface area contributed by atoms with Crippen molar-refractivity contribution in [2.45, 2.75) is 31.7 Å². The Balaban J connectivity index is 1.32. The number of hydrogen-bond acceptors (Lipinski definition) is 5. The topological polar surface area (TPSA) is 96.3 Å². The smallest absolute Gasteiger partial charge is 0.278 e. The van der Waals surface area contributed by atoms with E-state index in [0.717, 1.165) is 31.2 Å². The lowest BCUT2D eigenvalue weighted by Crippen LogP contribution is -2.55. The lowest BCUT2D eigenvalue weighted by atomic mass is 9.72. The molecule has 7 nitrogen and oxygen atoms in total. The first-order valence-corrected chi connectivity index (χ1v) is 10.0. The third kappa shape index (κ3) is 3.27. The summed E-state index contributed by atoms with van der Waals surface area (Å²) in [5, 5.41) is 7.46. The average molecular weight is 390 g/mol. The second-order valence-corrected chi connectivity index (χ2v) is 7.77. The fourth-order valence-corrected chi connectivity index (χ4v) is 4.58. The van der Waals surface area contributed by atoms with Crippen LogP contribution in [0.1, 0.15) is 47.8 Å². The minimum absolute atomic E-state index is 0.0785. The molecule has 29 heavy (non-hydrogen) atoms. The highest BCUT2D eigenvalue weighted by Crippen LogP contribution is 2.40. The third-order valence-corrected chi connectivity index (χ3v) is 6.06. The fraction of sp³-hybridized carbons (Fsp3) is 0.318. The molecule has 0 radical (unpaired) electrons. The van der Waals surface area contributed by atoms with Crippen LogP contribution in [0.4, 0.5) is 5.69 Å². The molecule has 3 aromatic rings. The van der Waals surface area contributed by atoms with Gasteiger partial charge in [0.05, 0.1) is 11.4 Å². The van der Waals surface area contributed by atoms with Gasteiger partial charge in [0.1, 0.15) is 0 Å². The number of rotatable bonds is 3. The normalized spacial score (nSPS) is 24.0. The van der Waals surface area contributed by atoms with E-state index in [1.165, 1.54) is 0 Å². The Morgan fingerprint density at radius 1 is 1.07 bits per heavy atom. The van der Waals surface area contributed by atoms with Gasteiger partial charge >= 0.3 is 0 Å². The molecule has 2 heterocycles. The van der Waals surface area contributed by atoms with Gasteiger partial charge in [-0.2, -0.15) is 0 Å². The number of nitrogens with zero attached hydrogens (tertiary/aromatic N) is 1. The van der Waals surface area contributed by atoms with Crippen molar-refractivity contribution in [3.63, 3.8) is 0 Å². The third-order valence-electron chi connectivity index (χ3n) is 6.06. The number of para-hydroxylation sites is 1. The second kappa shape index (κ2) is 7.33. The maximum Gasteiger partial charge on any atom is 0.278 e. The predicted octanol–water partition coefficient (Wildman–Crippen LogP) is 3.56. The van der Waals surface area contributed by atoms with Crippen LogP contribution in [0.5, 0.6) is 0 Å². The Hall–Kier alpha value is -3.19. The van der Waals surface area contributed by atoms with Crippen LogP contribution in [0, 0.1) is 11.8 Å². The monoisotopic (exact) mass is 390 g/mol. The lowest BCUT2D eigenvalue weighted by Gasteiger charge is -2.41. The van der Waals surface area contributed by atoms with Crippen molar-refractivity contribution in [2.75, 3.05) is 5.32 Å². The van der Waals surface area contributed by atoms with E-state index >= 15 is 0 Å². The quantitative estimate of drug-likeness (QED) is 0.635. The van der Waals surface area contributed by atoms with Gasteiger partial charge in [0.25, 0.3) is 5.91 Å². The minimum atomic E-state index is -0.307. The standard InChI is InChI=1S/C22H22N4O3/c27-21-16-6-2-1-5-15(16)19(24-25-21)13-9-11-14(12-10-13)23-22(28)20-17-7-3-4-8-18(17)29-26-20/h3-4,7-12,15-16,19,24H,1-2,5-6H2,(H,23,28)(H,25,27). The molecule has 2 amide bonds. The molecule has 1 aromatic heterocycles. The number of benzene rings is 2. The van der Waals surface area contributed by atoms with Gasteiger partial charge in [-0.1, -0.05) is 42.3 Å². The molecule has 148 valence electrons. The van der Waals surface area contributed by atoms with Gasteiger partial charge < -0.3 is 9.84 Å². The molecule has 3 N–H and O–H groups in total. The van der Waals surface area contributed by atoms with Gasteiger partial charge in [-0.25, -0.2) is 5.43 Å². The highest BCUT2D eigenvalue weighted by molar-refractivity contribution is 6.10. The van der Waals surface area contributed by atoms with E-state index in [0.29, 0.717) is 22.6 Å². The zero-order valence-corrected chi connectivity index (χ0v) is 15.9. The second-order valence-electron chi connectivity index (χ2n) is 7.77. The summed E-state index contributed by atoms with van der Waals surface area (Å²) >= 11 is 0. The minimum Gasteiger partial charge on any atom is -0.355 e. The van der Waals surface area contributed by atoms with Gasteiger partial charge in [-0.15, -0.1) is 0 Å². The molecule has 1 aliphatic heterocycles. The number of fused-ring (bicyclic) bond motifs is 2. The van der Waals surface area contributed by atoms with Crippen LogP contribution in [0.15, 0.2) is 53.1 Å². The number of hydrazine groups is 1. The molecule has 2 fully saturated rings. The number of aromatic nitrogens is 1. The van der Waals surface area contributed by atoms with Gasteiger partial charge in [-0.3, -0.25) is 15.0 Å². The number of carbonyl (C=O) groups excluding carboxylic acids is 2. The Bertz CT molecular complexity index is 1060. The predicted molar refractivity (Wildman–Crippen MR) is 108 cm³/mol. The zero-order chi connectivity index (χ0) is 19.8. The summed E-state index contributed by atoms with van der Waals surface area (Å²) in [4.78, 5) is 24.8. The largest absolute Gasteiger partial charge is 0.355 e. The maximum absolute atomic E-state index is 12.6. The summed E-state index contributed by atoms with van der Waals surface area (Å²) in [5.41, 5.74) is 8.66. The Morgan fingerprint density at radius 3 is 2.72 bits per heavy atom. The van der Waals surface area contributed by atoms with E-state index in [-0.39, 0.29) is 29.5 Å². The van der Waals surface area contributed by atoms with Crippen molar-refractivity contribution in [3.05, 3.63) is 59.8 Å². The van der Waals surface area contributed by atoms with Crippen LogP contribution < -0.4 is 16.2 Å². The first-order valence-electron chi connectivity index (χ1n) is 10.0. The lowest BCUT2D eigenvalue weighted by molar-refractivity contribution is -0.133. The van der Waals surface area contributed by atoms with Crippen LogP contribution in [-0.4, -0.2) is 17.0 Å². The van der Waals surface area contributed by atoms with Crippen molar-refractivity contribution in [1.82, 2.24) is 16.0 Å². The maximum atomic E-state index is 12.6. The molecule has 1 aliphatic carbocycles. The van der Waals surface area contributed by atoms with Crippen molar-refractivity contribution in [1.29, 1.82) is 0 Å². The molecule has 2 aromatic carbocycles. The van der Waals surface area contributed by atoms with E-state index < -0.39 is 0 Å². The number of amides is 2. The molecular formula is C22H22N4O3. The molecule has 1 saturated carbocycles. The summed E-state index contributed by atoms with van der Waals surface area (Å²) in [6.07, 6.45) is 4.28. The molecule has 0 bridgehead atoms. The SMILES string of the molecule is O=C(Nc1ccc(C2NNC(=O)C3CCCCC32)cc1)c1noc2ccccc12. The van der Waals surface area contributed by atoms with Crippen LogP contribution in [0.25, 0.3) is 11.0 Å². The van der Waals surface area contributed by atoms with Crippen LogP contribution in [-0.2, 0) is 4.79 Å². The first kappa shape index (κ1) is 17.9. The van der Waals surface area contributed by atoms with Gasteiger partial charge in [0.15, 0.2) is 11.3 Å². The van der Waals surface area contributed by atoms with E-state index in [9.17, 15) is 9.59 Å². The van der Waals surface area contributed by atoms with Crippen LogP contribution in [0.3, 0.4) is 0 Å². The summed E-state index contributed by atoms with van der Waals surface area (Å²) in [6.45, 7) is 0. The molecule has 0 spiro atoms. The van der Waals surface area contributed by atoms with E-state index in [2.05, 4.69) is 21.3 Å². The highest BCUT2D eigenvalue weighted by atomic mass is 16.5. The number of nitrogens with one attached hydrogen (secondary N) is 3. The van der Waals surface area contributed by atoms with Gasteiger partial charge in [-0.05, 0) is 48.6 Å². The van der Waals surface area contributed by atoms with Crippen molar-refractivity contribution < 1.29 is 14.1 Å². The Kier molecular flexibility index (Phi) is 4.52. The van der Waals surface area contributed by atoms with Crippen LogP contribution in [0.2, 0.25) is 0 Å².